The SMILES string of the molecule is C=CCOC(=O)c1sc(N2C(=O)C(=O)/C(=C(/O)c3ccc(OCC)cc3)C2c2ccc(OCCCCC)c(OCC)c2)nc1C. The van der Waals surface area contributed by atoms with Crippen molar-refractivity contribution in [2.75, 3.05) is 31.3 Å². The van der Waals surface area contributed by atoms with Crippen molar-refractivity contribution in [1.29, 1.82) is 0 Å². The first-order chi connectivity index (χ1) is 21.7. The molecule has 1 N–H and O–H groups in total. The number of anilines is 1. The number of nitrogens with zero attached hydrogens (tertiary/aromatic N) is 2. The number of hydrogen-bond donors (Lipinski definition) is 1. The van der Waals surface area contributed by atoms with E-state index in [1.807, 2.05) is 13.8 Å². The van der Waals surface area contributed by atoms with Gasteiger partial charge in [0, 0.05) is 5.56 Å². The van der Waals surface area contributed by atoms with Gasteiger partial charge in [-0.2, -0.15) is 0 Å². The van der Waals surface area contributed by atoms with Crippen LogP contribution in [0.4, 0.5) is 5.13 Å². The molecule has 1 unspecified atom stereocenters. The number of aryl methyl sites for hydroxylation is 1. The van der Waals surface area contributed by atoms with Crippen molar-refractivity contribution in [1.82, 2.24) is 4.98 Å². The lowest BCUT2D eigenvalue weighted by atomic mass is 9.95. The Kier molecular flexibility index (Phi) is 11.4. The van der Waals surface area contributed by atoms with E-state index < -0.39 is 23.7 Å². The largest absolute Gasteiger partial charge is 0.507 e. The fourth-order valence-electron chi connectivity index (χ4n) is 4.87. The number of carbonyl (C=O) groups is 3. The molecule has 4 rings (SSSR count). The number of carbonyl (C=O) groups excluding carboxylic acids is 3. The van der Waals surface area contributed by atoms with Gasteiger partial charge in [0.1, 0.15) is 23.0 Å². The first-order valence-electron chi connectivity index (χ1n) is 14.9. The van der Waals surface area contributed by atoms with Crippen molar-refractivity contribution >= 4 is 39.9 Å². The number of thiazole rings is 1. The van der Waals surface area contributed by atoms with Crippen molar-refractivity contribution in [2.24, 2.45) is 0 Å². The second kappa shape index (κ2) is 15.4. The molecule has 10 nitrogen and oxygen atoms in total. The van der Waals surface area contributed by atoms with E-state index in [2.05, 4.69) is 18.5 Å². The van der Waals surface area contributed by atoms with E-state index in [1.54, 1.807) is 49.4 Å². The Hall–Kier alpha value is -4.64. The van der Waals surface area contributed by atoms with E-state index in [4.69, 9.17) is 18.9 Å². The number of ketones is 1. The lowest BCUT2D eigenvalue weighted by Gasteiger charge is -2.24. The highest BCUT2D eigenvalue weighted by Gasteiger charge is 2.48. The molecule has 1 fully saturated rings. The number of benzene rings is 2. The maximum absolute atomic E-state index is 13.7. The number of ether oxygens (including phenoxy) is 4. The van der Waals surface area contributed by atoms with Gasteiger partial charge in [0.25, 0.3) is 5.78 Å². The first-order valence-corrected chi connectivity index (χ1v) is 15.8. The molecule has 0 saturated carbocycles. The molecule has 238 valence electrons. The van der Waals surface area contributed by atoms with E-state index in [0.717, 1.165) is 30.6 Å². The molecule has 0 aliphatic carbocycles. The fourth-order valence-corrected chi connectivity index (χ4v) is 5.86. The third-order valence-electron chi connectivity index (χ3n) is 6.98. The average molecular weight is 635 g/mol. The fraction of sp³-hybridized carbons (Fsp3) is 0.353. The summed E-state index contributed by atoms with van der Waals surface area (Å²) in [4.78, 5) is 46.0. The number of unbranched alkanes of at least 4 members (excludes halogenated alkanes) is 2. The minimum atomic E-state index is -1.09. The Morgan fingerprint density at radius 1 is 1.02 bits per heavy atom. The minimum absolute atomic E-state index is 0.00514. The van der Waals surface area contributed by atoms with Crippen LogP contribution in [0.1, 0.15) is 72.6 Å². The molecule has 1 atom stereocenters. The van der Waals surface area contributed by atoms with Gasteiger partial charge in [-0.3, -0.25) is 14.5 Å². The van der Waals surface area contributed by atoms with Gasteiger partial charge in [0.2, 0.25) is 0 Å². The molecule has 0 bridgehead atoms. The number of aliphatic hydroxyl groups excluding tert-OH is 1. The van der Waals surface area contributed by atoms with Gasteiger partial charge in [0.15, 0.2) is 16.6 Å². The summed E-state index contributed by atoms with van der Waals surface area (Å²) < 4.78 is 22.6. The van der Waals surface area contributed by atoms with Crippen LogP contribution in [0.5, 0.6) is 17.2 Å². The van der Waals surface area contributed by atoms with Crippen LogP contribution in [0, 0.1) is 6.92 Å². The molecule has 1 aliphatic heterocycles. The summed E-state index contributed by atoms with van der Waals surface area (Å²) in [5.41, 5.74) is 1.01. The molecule has 0 spiro atoms. The quantitative estimate of drug-likeness (QED) is 0.0481. The van der Waals surface area contributed by atoms with Crippen LogP contribution in [0.25, 0.3) is 5.76 Å². The molecule has 45 heavy (non-hydrogen) atoms. The lowest BCUT2D eigenvalue weighted by molar-refractivity contribution is -0.132. The van der Waals surface area contributed by atoms with E-state index in [1.165, 1.54) is 11.0 Å². The Morgan fingerprint density at radius 2 is 1.76 bits per heavy atom. The standard InChI is InChI=1S/C34H38N2O8S/c1-6-10-11-19-43-25-17-14-23(20-26(25)42-9-4)28-27(29(37)22-12-15-24(16-13-22)41-8-3)30(38)32(39)36(28)34-35-21(5)31(45-34)33(40)44-18-7-2/h7,12-17,20,28,37H,2,6,8-11,18-19H2,1,3-5H3/b29-27+. The maximum atomic E-state index is 13.7. The highest BCUT2D eigenvalue weighted by Crippen LogP contribution is 2.45. The smallest absolute Gasteiger partial charge is 0.350 e. The molecule has 11 heteroatoms. The predicted molar refractivity (Wildman–Crippen MR) is 172 cm³/mol. The van der Waals surface area contributed by atoms with E-state index in [-0.39, 0.29) is 27.9 Å². The summed E-state index contributed by atoms with van der Waals surface area (Å²) in [6, 6.07) is 10.6. The molecular weight excluding hydrogens is 596 g/mol. The molecule has 2 aromatic carbocycles. The molecule has 2 heterocycles. The molecular formula is C34H38N2O8S. The summed E-state index contributed by atoms with van der Waals surface area (Å²) in [5.74, 6) is -1.23. The van der Waals surface area contributed by atoms with Gasteiger partial charge >= 0.3 is 11.9 Å². The molecule has 3 aromatic rings. The van der Waals surface area contributed by atoms with Crippen LogP contribution >= 0.6 is 11.3 Å². The molecule has 1 aliphatic rings. The number of hydrogen-bond acceptors (Lipinski definition) is 10. The number of Topliss-reactive ketones (excluding diaryl/α,β-unsaturated/α-hetero) is 1. The predicted octanol–water partition coefficient (Wildman–Crippen LogP) is 6.79. The first kappa shape index (κ1) is 33.3. The van der Waals surface area contributed by atoms with Gasteiger partial charge in [-0.15, -0.1) is 0 Å². The van der Waals surface area contributed by atoms with Gasteiger partial charge in [-0.1, -0.05) is 49.8 Å². The van der Waals surface area contributed by atoms with Crippen LogP contribution in [0.2, 0.25) is 0 Å². The number of esters is 1. The lowest BCUT2D eigenvalue weighted by Crippen LogP contribution is -2.29. The number of amides is 1. The van der Waals surface area contributed by atoms with E-state index in [0.29, 0.717) is 53.9 Å². The van der Waals surface area contributed by atoms with Crippen LogP contribution in [-0.4, -0.2) is 54.2 Å². The second-order valence-electron chi connectivity index (χ2n) is 10.1. The van der Waals surface area contributed by atoms with Crippen molar-refractivity contribution in [3.8, 4) is 17.2 Å². The molecule has 1 aromatic heterocycles. The summed E-state index contributed by atoms with van der Waals surface area (Å²) in [6.45, 7) is 12.3. The minimum Gasteiger partial charge on any atom is -0.507 e. The number of aromatic nitrogens is 1. The molecule has 1 amide bonds. The van der Waals surface area contributed by atoms with Crippen LogP contribution < -0.4 is 19.1 Å². The summed E-state index contributed by atoms with van der Waals surface area (Å²) >= 11 is 0.926. The highest BCUT2D eigenvalue weighted by atomic mass is 32.1. The van der Waals surface area contributed by atoms with Gasteiger partial charge < -0.3 is 24.1 Å². The molecule has 1 saturated heterocycles. The average Bonchev–Trinajstić information content (AvgIpc) is 3.55. The Bertz CT molecular complexity index is 1580. The topological polar surface area (TPSA) is 124 Å². The Morgan fingerprint density at radius 3 is 2.42 bits per heavy atom. The number of aliphatic hydroxyl groups is 1. The van der Waals surface area contributed by atoms with Gasteiger partial charge in [-0.05, 0) is 69.2 Å². The van der Waals surface area contributed by atoms with Crippen molar-refractivity contribution in [3.63, 3.8) is 0 Å². The summed E-state index contributed by atoms with van der Waals surface area (Å²) in [5, 5.41) is 11.7. The van der Waals surface area contributed by atoms with E-state index in [9.17, 15) is 19.5 Å². The van der Waals surface area contributed by atoms with E-state index >= 15 is 0 Å². The summed E-state index contributed by atoms with van der Waals surface area (Å²) in [7, 11) is 0. The Labute approximate surface area is 266 Å². The second-order valence-corrected chi connectivity index (χ2v) is 11.1. The monoisotopic (exact) mass is 634 g/mol. The van der Waals surface area contributed by atoms with Crippen LogP contribution in [0.15, 0.2) is 60.7 Å². The van der Waals surface area contributed by atoms with Gasteiger partial charge in [0.05, 0.1) is 37.1 Å². The third-order valence-corrected chi connectivity index (χ3v) is 8.12. The van der Waals surface area contributed by atoms with Crippen LogP contribution in [-0.2, 0) is 14.3 Å². The van der Waals surface area contributed by atoms with Gasteiger partial charge in [-0.25, -0.2) is 9.78 Å². The van der Waals surface area contributed by atoms with Crippen molar-refractivity contribution in [3.05, 3.63) is 82.4 Å². The Balaban J connectivity index is 1.86. The third kappa shape index (κ3) is 7.37. The maximum Gasteiger partial charge on any atom is 0.350 e. The van der Waals surface area contributed by atoms with Crippen LogP contribution in [0.3, 0.4) is 0 Å². The number of rotatable bonds is 15. The normalized spacial score (nSPS) is 15.6. The molecule has 0 radical (unpaired) electrons. The summed E-state index contributed by atoms with van der Waals surface area (Å²) in [6.07, 6.45) is 4.41. The highest BCUT2D eigenvalue weighted by molar-refractivity contribution is 7.17. The van der Waals surface area contributed by atoms with Crippen molar-refractivity contribution in [2.45, 2.75) is 53.0 Å². The zero-order valence-electron chi connectivity index (χ0n) is 26.0. The zero-order valence-corrected chi connectivity index (χ0v) is 26.8. The zero-order chi connectivity index (χ0) is 32.5. The van der Waals surface area contributed by atoms with Crippen molar-refractivity contribution < 1.29 is 38.4 Å².